The van der Waals surface area contributed by atoms with Crippen molar-refractivity contribution in [2.45, 2.75) is 71.6 Å². The highest BCUT2D eigenvalue weighted by molar-refractivity contribution is 6.34. The first-order valence-corrected chi connectivity index (χ1v) is 12.4. The standard InChI is InChI=1S/C27H34ClN3O3/c1-18-8-10-19(11-9-18)17-30-14-12-20-15-21(16-22(28)24(20)30)29-25(32)23-7-5-6-13-31(23)26(33)34-27(2,3)4/h8-11,15-16,23H,5-7,12-14,17H2,1-4H3,(H,29,32). The highest BCUT2D eigenvalue weighted by atomic mass is 35.5. The number of fused-ring (bicyclic) bond motifs is 1. The lowest BCUT2D eigenvalue weighted by molar-refractivity contribution is -0.122. The number of aryl methyl sites for hydroxylation is 1. The Morgan fingerprint density at radius 1 is 1.12 bits per heavy atom. The van der Waals surface area contributed by atoms with Crippen LogP contribution in [0.15, 0.2) is 36.4 Å². The number of nitrogens with zero attached hydrogens (tertiary/aromatic N) is 2. The lowest BCUT2D eigenvalue weighted by Crippen LogP contribution is -2.51. The quantitative estimate of drug-likeness (QED) is 0.584. The van der Waals surface area contributed by atoms with Crippen molar-refractivity contribution in [2.24, 2.45) is 0 Å². The molecule has 34 heavy (non-hydrogen) atoms. The van der Waals surface area contributed by atoms with Crippen LogP contribution in [0.1, 0.15) is 56.7 Å². The Morgan fingerprint density at radius 3 is 2.56 bits per heavy atom. The van der Waals surface area contributed by atoms with Crippen LogP contribution < -0.4 is 10.2 Å². The maximum atomic E-state index is 13.2. The molecule has 1 fully saturated rings. The second-order valence-electron chi connectivity index (χ2n) is 10.3. The first kappa shape index (κ1) is 24.4. The van der Waals surface area contributed by atoms with Gasteiger partial charge in [0.2, 0.25) is 5.91 Å². The van der Waals surface area contributed by atoms with Crippen molar-refractivity contribution >= 4 is 35.0 Å². The number of ether oxygens (including phenoxy) is 1. The van der Waals surface area contributed by atoms with E-state index in [9.17, 15) is 9.59 Å². The molecule has 0 spiro atoms. The maximum Gasteiger partial charge on any atom is 0.410 e. The molecule has 7 heteroatoms. The van der Waals surface area contributed by atoms with E-state index in [2.05, 4.69) is 41.4 Å². The molecule has 0 bridgehead atoms. The van der Waals surface area contributed by atoms with Gasteiger partial charge in [0, 0.05) is 25.3 Å². The fourth-order valence-electron chi connectivity index (χ4n) is 4.68. The van der Waals surface area contributed by atoms with Crippen molar-refractivity contribution in [3.05, 3.63) is 58.1 Å². The van der Waals surface area contributed by atoms with Gasteiger partial charge < -0.3 is 15.0 Å². The van der Waals surface area contributed by atoms with Crippen LogP contribution >= 0.6 is 11.6 Å². The maximum absolute atomic E-state index is 13.2. The molecule has 2 aromatic carbocycles. The van der Waals surface area contributed by atoms with E-state index >= 15 is 0 Å². The molecule has 182 valence electrons. The predicted octanol–water partition coefficient (Wildman–Crippen LogP) is 5.94. The summed E-state index contributed by atoms with van der Waals surface area (Å²) in [5.74, 6) is -0.198. The summed E-state index contributed by atoms with van der Waals surface area (Å²) < 4.78 is 5.53. The van der Waals surface area contributed by atoms with E-state index in [1.165, 1.54) is 11.1 Å². The van der Waals surface area contributed by atoms with Gasteiger partial charge in [0.15, 0.2) is 0 Å². The molecule has 1 saturated heterocycles. The Balaban J connectivity index is 1.47. The third-order valence-corrected chi connectivity index (χ3v) is 6.59. The number of piperidine rings is 1. The minimum Gasteiger partial charge on any atom is -0.444 e. The van der Waals surface area contributed by atoms with Gasteiger partial charge in [-0.15, -0.1) is 0 Å². The zero-order chi connectivity index (χ0) is 24.5. The molecule has 6 nitrogen and oxygen atoms in total. The van der Waals surface area contributed by atoms with Crippen molar-refractivity contribution in [1.82, 2.24) is 4.90 Å². The fourth-order valence-corrected chi connectivity index (χ4v) is 5.04. The summed E-state index contributed by atoms with van der Waals surface area (Å²) in [7, 11) is 0. The third-order valence-electron chi connectivity index (χ3n) is 6.30. The summed E-state index contributed by atoms with van der Waals surface area (Å²) in [4.78, 5) is 29.7. The van der Waals surface area contributed by atoms with E-state index in [4.69, 9.17) is 16.3 Å². The molecule has 1 atom stereocenters. The summed E-state index contributed by atoms with van der Waals surface area (Å²) in [6.07, 6.45) is 2.82. The van der Waals surface area contributed by atoms with Crippen LogP contribution in [0.4, 0.5) is 16.2 Å². The lowest BCUT2D eigenvalue weighted by atomic mass is 10.0. The summed E-state index contributed by atoms with van der Waals surface area (Å²) in [5.41, 5.74) is 4.71. The van der Waals surface area contributed by atoms with Crippen LogP contribution in [0.2, 0.25) is 5.02 Å². The van der Waals surface area contributed by atoms with Gasteiger partial charge in [-0.2, -0.15) is 0 Å². The minimum atomic E-state index is -0.604. The average molecular weight is 484 g/mol. The molecule has 0 aromatic heterocycles. The van der Waals surface area contributed by atoms with E-state index in [0.717, 1.165) is 43.6 Å². The van der Waals surface area contributed by atoms with Crippen LogP contribution in [0, 0.1) is 6.92 Å². The fraction of sp³-hybridized carbons (Fsp3) is 0.481. The van der Waals surface area contributed by atoms with Crippen molar-refractivity contribution in [3.8, 4) is 0 Å². The zero-order valence-corrected chi connectivity index (χ0v) is 21.2. The number of nitrogens with one attached hydrogen (secondary N) is 1. The topological polar surface area (TPSA) is 61.9 Å². The van der Waals surface area contributed by atoms with E-state index in [1.54, 1.807) is 4.90 Å². The number of hydrogen-bond acceptors (Lipinski definition) is 4. The molecule has 2 aliphatic rings. The monoisotopic (exact) mass is 483 g/mol. The van der Waals surface area contributed by atoms with Gasteiger partial charge in [0.25, 0.3) is 0 Å². The predicted molar refractivity (Wildman–Crippen MR) is 137 cm³/mol. The molecule has 1 unspecified atom stereocenters. The number of benzene rings is 2. The molecule has 1 N–H and O–H groups in total. The third kappa shape index (κ3) is 5.66. The van der Waals surface area contributed by atoms with Gasteiger partial charge in [-0.25, -0.2) is 4.79 Å². The molecular formula is C27H34ClN3O3. The van der Waals surface area contributed by atoms with Crippen molar-refractivity contribution < 1.29 is 14.3 Å². The molecule has 0 saturated carbocycles. The van der Waals surface area contributed by atoms with Gasteiger partial charge in [-0.05, 0) is 76.6 Å². The van der Waals surface area contributed by atoms with E-state index < -0.39 is 17.7 Å². The molecule has 2 amide bonds. The lowest BCUT2D eigenvalue weighted by Gasteiger charge is -2.35. The second kappa shape index (κ2) is 9.87. The molecule has 2 heterocycles. The Bertz CT molecular complexity index is 1060. The zero-order valence-electron chi connectivity index (χ0n) is 20.5. The van der Waals surface area contributed by atoms with E-state index in [0.29, 0.717) is 23.7 Å². The number of likely N-dealkylation sites (tertiary alicyclic amines) is 1. The van der Waals surface area contributed by atoms with E-state index in [-0.39, 0.29) is 5.91 Å². The normalized spacial score (nSPS) is 18.0. The first-order chi connectivity index (χ1) is 16.1. The van der Waals surface area contributed by atoms with Gasteiger partial charge in [0.1, 0.15) is 11.6 Å². The summed E-state index contributed by atoms with van der Waals surface area (Å²) in [6, 6.07) is 11.8. The van der Waals surface area contributed by atoms with Crippen LogP contribution in [-0.4, -0.2) is 41.6 Å². The molecule has 0 radical (unpaired) electrons. The van der Waals surface area contributed by atoms with Crippen LogP contribution in [0.5, 0.6) is 0 Å². The van der Waals surface area contributed by atoms with Crippen LogP contribution in [0.25, 0.3) is 0 Å². The summed E-state index contributed by atoms with van der Waals surface area (Å²) >= 11 is 6.70. The van der Waals surface area contributed by atoms with Gasteiger partial charge in [-0.3, -0.25) is 9.69 Å². The number of carbonyl (C=O) groups excluding carboxylic acids is 2. The first-order valence-electron chi connectivity index (χ1n) is 12.0. The van der Waals surface area contributed by atoms with Crippen molar-refractivity contribution in [2.75, 3.05) is 23.3 Å². The van der Waals surface area contributed by atoms with Gasteiger partial charge in [0.05, 0.1) is 10.7 Å². The molecule has 4 rings (SSSR count). The smallest absolute Gasteiger partial charge is 0.410 e. The van der Waals surface area contributed by atoms with Gasteiger partial charge >= 0.3 is 6.09 Å². The minimum absolute atomic E-state index is 0.198. The van der Waals surface area contributed by atoms with Gasteiger partial charge in [-0.1, -0.05) is 41.4 Å². The largest absolute Gasteiger partial charge is 0.444 e. The highest BCUT2D eigenvalue weighted by Gasteiger charge is 2.35. The number of hydrogen-bond donors (Lipinski definition) is 1. The molecule has 0 aliphatic carbocycles. The number of amides is 2. The Labute approximate surface area is 207 Å². The SMILES string of the molecule is Cc1ccc(CN2CCc3cc(NC(=O)C4CCCCN4C(=O)OC(C)(C)C)cc(Cl)c32)cc1. The molecule has 2 aromatic rings. The highest BCUT2D eigenvalue weighted by Crippen LogP contribution is 2.39. The summed E-state index contributed by atoms with van der Waals surface area (Å²) in [6.45, 7) is 9.78. The number of carbonyl (C=O) groups is 2. The second-order valence-corrected chi connectivity index (χ2v) is 10.7. The number of rotatable bonds is 4. The van der Waals surface area contributed by atoms with E-state index in [1.807, 2.05) is 32.9 Å². The van der Waals surface area contributed by atoms with Crippen LogP contribution in [0.3, 0.4) is 0 Å². The Kier molecular flexibility index (Phi) is 7.08. The number of halogens is 1. The molecule has 2 aliphatic heterocycles. The van der Waals surface area contributed by atoms with Crippen molar-refractivity contribution in [1.29, 1.82) is 0 Å². The van der Waals surface area contributed by atoms with Crippen LogP contribution in [-0.2, 0) is 22.5 Å². The number of anilines is 2. The Morgan fingerprint density at radius 2 is 1.85 bits per heavy atom. The Hall–Kier alpha value is -2.73. The molecular weight excluding hydrogens is 450 g/mol. The summed E-state index contributed by atoms with van der Waals surface area (Å²) in [5, 5.41) is 3.64. The van der Waals surface area contributed by atoms with Crippen molar-refractivity contribution in [3.63, 3.8) is 0 Å². The average Bonchev–Trinajstić information content (AvgIpc) is 3.17.